The molecule has 0 N–H and O–H groups in total. The maximum atomic E-state index is 5.93. The number of rotatable bonds is 0. The molecule has 9 rings (SSSR count). The number of fused-ring (bicyclic) bond motifs is 6. The number of benzene rings is 3. The number of likely N-dealkylation sites (N-methyl/N-ethyl adjacent to an activating group) is 3. The van der Waals surface area contributed by atoms with Gasteiger partial charge in [0.15, 0.2) is 0 Å². The Hall–Kier alpha value is -4.35. The average Bonchev–Trinajstić information content (AvgIpc) is 3.12. The fourth-order valence-corrected chi connectivity index (χ4v) is 9.04. The second-order valence-corrected chi connectivity index (χ2v) is 14.7. The van der Waals surface area contributed by atoms with Gasteiger partial charge in [0.1, 0.15) is 11.9 Å². The molecule has 3 aromatic carbocycles. The first-order valence-corrected chi connectivity index (χ1v) is 17.6. The van der Waals surface area contributed by atoms with Crippen LogP contribution in [0.15, 0.2) is 151 Å². The van der Waals surface area contributed by atoms with Crippen molar-refractivity contribution in [1.82, 2.24) is 0 Å². The van der Waals surface area contributed by atoms with E-state index in [0.29, 0.717) is 29.3 Å². The van der Waals surface area contributed by atoms with Gasteiger partial charge in [-0.1, -0.05) is 123 Å². The molecular formula is C42H45N3OS. The maximum Gasteiger partial charge on any atom is 0.143 e. The van der Waals surface area contributed by atoms with Gasteiger partial charge in [-0.3, -0.25) is 0 Å². The number of allylic oxidation sites excluding steroid dienone is 6. The maximum absolute atomic E-state index is 5.93. The van der Waals surface area contributed by atoms with Crippen molar-refractivity contribution in [2.75, 3.05) is 35.8 Å². The Morgan fingerprint density at radius 1 is 0.553 bits per heavy atom. The zero-order valence-corrected chi connectivity index (χ0v) is 28.8. The smallest absolute Gasteiger partial charge is 0.143 e. The van der Waals surface area contributed by atoms with Crippen molar-refractivity contribution in [1.29, 1.82) is 0 Å². The van der Waals surface area contributed by atoms with Gasteiger partial charge in [0, 0.05) is 43.1 Å². The van der Waals surface area contributed by atoms with Crippen LogP contribution in [0.5, 0.6) is 5.75 Å². The molecule has 240 valence electrons. The minimum absolute atomic E-state index is 0.148. The first-order valence-electron chi connectivity index (χ1n) is 16.7. The van der Waals surface area contributed by atoms with Gasteiger partial charge >= 0.3 is 0 Å². The van der Waals surface area contributed by atoms with Crippen LogP contribution in [-0.2, 0) is 5.41 Å². The van der Waals surface area contributed by atoms with E-state index in [2.05, 4.69) is 171 Å². The number of ether oxygens (including phenoxy) is 1. The summed E-state index contributed by atoms with van der Waals surface area (Å²) in [5.74, 6) is 1.54. The molecule has 0 bridgehead atoms. The van der Waals surface area contributed by atoms with Gasteiger partial charge in [-0.2, -0.15) is 0 Å². The lowest BCUT2D eigenvalue weighted by atomic mass is 9.65. The predicted molar refractivity (Wildman–Crippen MR) is 201 cm³/mol. The van der Waals surface area contributed by atoms with Gasteiger partial charge in [0.05, 0.1) is 34.8 Å². The van der Waals surface area contributed by atoms with Gasteiger partial charge in [-0.05, 0) is 42.0 Å². The second-order valence-electron chi connectivity index (χ2n) is 13.5. The summed E-state index contributed by atoms with van der Waals surface area (Å²) < 4.78 is 5.93. The third-order valence-electron chi connectivity index (χ3n) is 10.4. The van der Waals surface area contributed by atoms with Crippen molar-refractivity contribution in [2.24, 2.45) is 5.92 Å². The van der Waals surface area contributed by atoms with E-state index >= 15 is 0 Å². The third-order valence-corrected chi connectivity index (χ3v) is 11.7. The van der Waals surface area contributed by atoms with Crippen molar-refractivity contribution in [3.05, 3.63) is 151 Å². The predicted octanol–water partition coefficient (Wildman–Crippen LogP) is 8.99. The molecule has 0 saturated heterocycles. The number of anilines is 3. The lowest BCUT2D eigenvalue weighted by Gasteiger charge is -2.49. The summed E-state index contributed by atoms with van der Waals surface area (Å²) in [6.45, 7) is 4.72. The standard InChI is InChI=1S/C16H19N.C13H13NO.C13H13NS/c1-16(2)12-8-4-6-10-14(12)17(3)15-11-7-5-9-13(15)16;2*1-14-10-6-2-4-8-12(10)15-13-9-5-3-7-11(13)14/h4-12,14H,1-3H3;2*2-10,12H,1H3. The van der Waals surface area contributed by atoms with Crippen molar-refractivity contribution >= 4 is 28.8 Å². The van der Waals surface area contributed by atoms with E-state index < -0.39 is 0 Å². The Morgan fingerprint density at radius 3 is 1.91 bits per heavy atom. The Balaban J connectivity index is 0.000000112. The number of nitrogens with zero attached hydrogens (tertiary/aromatic N) is 3. The van der Waals surface area contributed by atoms with E-state index in [1.807, 2.05) is 36.0 Å². The summed E-state index contributed by atoms with van der Waals surface area (Å²) in [5, 5.41) is 0.565. The average molecular weight is 640 g/mol. The molecular weight excluding hydrogens is 595 g/mol. The van der Waals surface area contributed by atoms with Gasteiger partial charge < -0.3 is 19.4 Å². The van der Waals surface area contributed by atoms with E-state index in [-0.39, 0.29) is 11.5 Å². The van der Waals surface area contributed by atoms with Crippen LogP contribution < -0.4 is 19.4 Å². The molecule has 47 heavy (non-hydrogen) atoms. The van der Waals surface area contributed by atoms with Crippen LogP contribution in [0.2, 0.25) is 0 Å². The molecule has 3 aromatic rings. The molecule has 6 atom stereocenters. The van der Waals surface area contributed by atoms with Crippen LogP contribution in [0.1, 0.15) is 19.4 Å². The van der Waals surface area contributed by atoms with Crippen LogP contribution in [0, 0.1) is 5.92 Å². The number of hydrogen-bond acceptors (Lipinski definition) is 5. The zero-order valence-electron chi connectivity index (χ0n) is 28.0. The molecule has 3 heterocycles. The van der Waals surface area contributed by atoms with Crippen LogP contribution in [0.4, 0.5) is 17.1 Å². The lowest BCUT2D eigenvalue weighted by Crippen LogP contribution is -2.50. The summed E-state index contributed by atoms with van der Waals surface area (Å²) in [4.78, 5) is 8.44. The molecule has 6 unspecified atom stereocenters. The molecule has 4 nitrogen and oxygen atoms in total. The van der Waals surface area contributed by atoms with Gasteiger partial charge in [-0.15, -0.1) is 11.8 Å². The minimum Gasteiger partial charge on any atom is -0.482 e. The number of thioether (sulfide) groups is 1. The summed E-state index contributed by atoms with van der Waals surface area (Å²) in [6.07, 6.45) is 26.5. The monoisotopic (exact) mass is 639 g/mol. The highest BCUT2D eigenvalue weighted by Gasteiger charge is 2.43. The second kappa shape index (κ2) is 13.0. The molecule has 3 aliphatic heterocycles. The van der Waals surface area contributed by atoms with Crippen LogP contribution >= 0.6 is 11.8 Å². The normalized spacial score (nSPS) is 27.7. The summed E-state index contributed by atoms with van der Waals surface area (Å²) >= 11 is 1.96. The van der Waals surface area contributed by atoms with E-state index in [1.54, 1.807) is 0 Å². The Morgan fingerprint density at radius 2 is 1.11 bits per heavy atom. The van der Waals surface area contributed by atoms with Gasteiger partial charge in [0.25, 0.3) is 0 Å². The molecule has 5 heteroatoms. The highest BCUT2D eigenvalue weighted by atomic mass is 32.2. The fraction of sp³-hybridized carbons (Fsp3) is 0.286. The number of para-hydroxylation sites is 4. The Labute approximate surface area is 285 Å². The van der Waals surface area contributed by atoms with Crippen molar-refractivity contribution < 1.29 is 4.74 Å². The van der Waals surface area contributed by atoms with Crippen molar-refractivity contribution in [3.8, 4) is 5.75 Å². The summed E-state index contributed by atoms with van der Waals surface area (Å²) in [5.41, 5.74) is 5.56. The quantitative estimate of drug-likeness (QED) is 0.244. The van der Waals surface area contributed by atoms with Crippen LogP contribution in [-0.4, -0.2) is 50.6 Å². The zero-order chi connectivity index (χ0) is 32.5. The summed E-state index contributed by atoms with van der Waals surface area (Å²) in [6, 6.07) is 26.9. The van der Waals surface area contributed by atoms with Crippen LogP contribution in [0.3, 0.4) is 0 Å². The van der Waals surface area contributed by atoms with Crippen molar-refractivity contribution in [2.45, 2.75) is 53.6 Å². The van der Waals surface area contributed by atoms with E-state index in [1.165, 1.54) is 27.5 Å². The molecule has 0 spiro atoms. The molecule has 0 radical (unpaired) electrons. The first kappa shape index (κ1) is 31.3. The van der Waals surface area contributed by atoms with E-state index in [0.717, 1.165) is 5.75 Å². The third kappa shape index (κ3) is 5.87. The Bertz CT molecular complexity index is 1700. The van der Waals surface area contributed by atoms with Crippen LogP contribution in [0.25, 0.3) is 0 Å². The van der Waals surface area contributed by atoms with Crippen molar-refractivity contribution in [3.63, 3.8) is 0 Å². The van der Waals surface area contributed by atoms with E-state index in [4.69, 9.17) is 4.74 Å². The molecule has 3 aliphatic carbocycles. The fourth-order valence-electron chi connectivity index (χ4n) is 7.68. The molecule has 0 fully saturated rings. The van der Waals surface area contributed by atoms with E-state index in [9.17, 15) is 0 Å². The molecule has 6 aliphatic rings. The van der Waals surface area contributed by atoms with Gasteiger partial charge in [0.2, 0.25) is 0 Å². The molecule has 0 amide bonds. The minimum atomic E-state index is 0.148. The lowest BCUT2D eigenvalue weighted by molar-refractivity contribution is 0.215. The highest BCUT2D eigenvalue weighted by Crippen LogP contribution is 2.47. The molecule has 0 aromatic heterocycles. The number of hydrogen-bond donors (Lipinski definition) is 0. The largest absolute Gasteiger partial charge is 0.482 e. The Kier molecular flexibility index (Phi) is 8.67. The SMILES string of the molecule is CN1c2ccccc2C(C)(C)C2C=CC=CC21.CN1c2ccccc2OC2C=CC=CC21.CN1c2ccccc2SC2C=CC=CC21. The van der Waals surface area contributed by atoms with Gasteiger partial charge in [-0.25, -0.2) is 0 Å². The summed E-state index contributed by atoms with van der Waals surface area (Å²) in [7, 11) is 6.50. The highest BCUT2D eigenvalue weighted by molar-refractivity contribution is 8.00. The first-order chi connectivity index (χ1) is 22.8. The topological polar surface area (TPSA) is 19.0 Å². The molecule has 0 saturated carbocycles.